The van der Waals surface area contributed by atoms with Crippen LogP contribution in [0, 0.1) is 5.92 Å². The molecule has 4 nitrogen and oxygen atoms in total. The topological polar surface area (TPSA) is 72.3 Å². The van der Waals surface area contributed by atoms with Gasteiger partial charge in [0.05, 0.1) is 0 Å². The van der Waals surface area contributed by atoms with Gasteiger partial charge in [0.15, 0.2) is 0 Å². The zero-order valence-electron chi connectivity index (χ0n) is 10.5. The van der Waals surface area contributed by atoms with Crippen molar-refractivity contribution in [2.45, 2.75) is 51.1 Å². The third-order valence-electron chi connectivity index (χ3n) is 3.85. The zero-order valence-corrected chi connectivity index (χ0v) is 10.5. The molecule has 1 unspecified atom stereocenters. The summed E-state index contributed by atoms with van der Waals surface area (Å²) < 4.78 is 0. The molecule has 1 rings (SSSR count). The Morgan fingerprint density at radius 3 is 2.38 bits per heavy atom. The van der Waals surface area contributed by atoms with Gasteiger partial charge in [-0.25, -0.2) is 0 Å². The number of likely N-dealkylation sites (N-methyl/N-ethyl adjacent to an activating group) is 1. The molecule has 0 aromatic carbocycles. The molecular formula is C12H25N3O. The fraction of sp³-hybridized carbons (Fsp3) is 0.917. The normalized spacial score (nSPS) is 28.0. The first kappa shape index (κ1) is 13.5. The van der Waals surface area contributed by atoms with Gasteiger partial charge in [-0.15, -0.1) is 0 Å². The molecule has 1 aliphatic rings. The van der Waals surface area contributed by atoms with E-state index in [1.807, 2.05) is 0 Å². The molecule has 0 radical (unpaired) electrons. The maximum Gasteiger partial charge on any atom is 0.219 e. The molecule has 0 aromatic heterocycles. The average Bonchev–Trinajstić information content (AvgIpc) is 2.25. The fourth-order valence-electron chi connectivity index (χ4n) is 2.57. The summed E-state index contributed by atoms with van der Waals surface area (Å²) in [5.74, 6) is 0.587. The van der Waals surface area contributed by atoms with Crippen LogP contribution in [0.25, 0.3) is 0 Å². The van der Waals surface area contributed by atoms with Crippen LogP contribution in [-0.4, -0.2) is 36.5 Å². The molecule has 1 fully saturated rings. The Kier molecular flexibility index (Phi) is 5.22. The van der Waals surface area contributed by atoms with Crippen LogP contribution in [0.15, 0.2) is 0 Å². The first-order valence-electron chi connectivity index (χ1n) is 6.25. The molecule has 16 heavy (non-hydrogen) atoms. The van der Waals surface area contributed by atoms with Gasteiger partial charge in [-0.3, -0.25) is 9.69 Å². The Morgan fingerprint density at radius 2 is 1.94 bits per heavy atom. The van der Waals surface area contributed by atoms with Crippen molar-refractivity contribution in [1.29, 1.82) is 0 Å². The summed E-state index contributed by atoms with van der Waals surface area (Å²) in [4.78, 5) is 13.2. The number of amides is 1. The fourth-order valence-corrected chi connectivity index (χ4v) is 2.57. The molecule has 0 heterocycles. The molecule has 4 N–H and O–H groups in total. The first-order chi connectivity index (χ1) is 7.54. The second-order valence-corrected chi connectivity index (χ2v) is 5.14. The highest BCUT2D eigenvalue weighted by Gasteiger charge is 2.26. The van der Waals surface area contributed by atoms with E-state index in [4.69, 9.17) is 11.5 Å². The van der Waals surface area contributed by atoms with Gasteiger partial charge in [-0.2, -0.15) is 0 Å². The highest BCUT2D eigenvalue weighted by molar-refractivity contribution is 5.74. The van der Waals surface area contributed by atoms with Crippen LogP contribution in [-0.2, 0) is 4.79 Å². The molecule has 0 spiro atoms. The van der Waals surface area contributed by atoms with E-state index in [1.165, 1.54) is 25.7 Å². The molecule has 0 aliphatic heterocycles. The molecule has 0 saturated heterocycles. The van der Waals surface area contributed by atoms with Gasteiger partial charge in [-0.05, 0) is 38.6 Å². The number of carbonyl (C=O) groups excluding carboxylic acids is 1. The van der Waals surface area contributed by atoms with E-state index in [0.717, 1.165) is 5.92 Å². The van der Waals surface area contributed by atoms with Crippen molar-refractivity contribution in [3.63, 3.8) is 0 Å². The smallest absolute Gasteiger partial charge is 0.219 e. The number of carbonyl (C=O) groups is 1. The summed E-state index contributed by atoms with van der Waals surface area (Å²) in [5, 5.41) is 0. The lowest BCUT2D eigenvalue weighted by atomic mass is 9.86. The Bertz CT molecular complexity index is 224. The van der Waals surface area contributed by atoms with Crippen LogP contribution in [0.3, 0.4) is 0 Å². The zero-order chi connectivity index (χ0) is 12.1. The molecule has 1 amide bonds. The summed E-state index contributed by atoms with van der Waals surface area (Å²) in [6, 6.07) is 0.681. The van der Waals surface area contributed by atoms with Crippen molar-refractivity contribution in [1.82, 2.24) is 4.90 Å². The minimum atomic E-state index is -0.258. The van der Waals surface area contributed by atoms with Gasteiger partial charge < -0.3 is 11.5 Å². The van der Waals surface area contributed by atoms with Gasteiger partial charge in [0.25, 0.3) is 0 Å². The molecular weight excluding hydrogens is 202 g/mol. The maximum absolute atomic E-state index is 10.9. The number of primary amides is 1. The molecule has 0 aromatic rings. The number of hydrogen-bond acceptors (Lipinski definition) is 3. The van der Waals surface area contributed by atoms with E-state index in [9.17, 15) is 4.79 Å². The molecule has 0 bridgehead atoms. The summed E-state index contributed by atoms with van der Waals surface area (Å²) >= 11 is 0. The molecule has 1 atom stereocenters. The lowest BCUT2D eigenvalue weighted by Crippen LogP contribution is -2.47. The predicted molar refractivity (Wildman–Crippen MR) is 65.8 cm³/mol. The van der Waals surface area contributed by atoms with Crippen molar-refractivity contribution in [3.05, 3.63) is 0 Å². The van der Waals surface area contributed by atoms with E-state index in [2.05, 4.69) is 18.9 Å². The third kappa shape index (κ3) is 3.76. The SMILES string of the molecule is CC1CCC(N(C)C(CN)CC(N)=O)CC1. The van der Waals surface area contributed by atoms with E-state index in [0.29, 0.717) is 19.0 Å². The van der Waals surface area contributed by atoms with Crippen molar-refractivity contribution >= 4 is 5.91 Å². The highest BCUT2D eigenvalue weighted by Crippen LogP contribution is 2.27. The number of nitrogens with two attached hydrogens (primary N) is 2. The van der Waals surface area contributed by atoms with Crippen molar-refractivity contribution in [2.24, 2.45) is 17.4 Å². The van der Waals surface area contributed by atoms with Crippen molar-refractivity contribution in [2.75, 3.05) is 13.6 Å². The molecule has 94 valence electrons. The van der Waals surface area contributed by atoms with Gasteiger partial charge in [-0.1, -0.05) is 6.92 Å². The van der Waals surface area contributed by atoms with E-state index in [1.54, 1.807) is 0 Å². The van der Waals surface area contributed by atoms with Gasteiger partial charge in [0, 0.05) is 25.0 Å². The lowest BCUT2D eigenvalue weighted by Gasteiger charge is -2.37. The maximum atomic E-state index is 10.9. The van der Waals surface area contributed by atoms with Crippen LogP contribution < -0.4 is 11.5 Å². The van der Waals surface area contributed by atoms with Gasteiger partial charge >= 0.3 is 0 Å². The summed E-state index contributed by atoms with van der Waals surface area (Å²) in [6.07, 6.45) is 5.37. The third-order valence-corrected chi connectivity index (χ3v) is 3.85. The Hall–Kier alpha value is -0.610. The Labute approximate surface area is 98.3 Å². The Balaban J connectivity index is 2.47. The van der Waals surface area contributed by atoms with Crippen LogP contribution >= 0.6 is 0 Å². The molecule has 1 saturated carbocycles. The first-order valence-corrected chi connectivity index (χ1v) is 6.25. The minimum Gasteiger partial charge on any atom is -0.370 e. The largest absolute Gasteiger partial charge is 0.370 e. The highest BCUT2D eigenvalue weighted by atomic mass is 16.1. The van der Waals surface area contributed by atoms with Gasteiger partial charge in [0.2, 0.25) is 5.91 Å². The summed E-state index contributed by atoms with van der Waals surface area (Å²) in [5.41, 5.74) is 10.9. The minimum absolute atomic E-state index is 0.107. The molecule has 4 heteroatoms. The van der Waals surface area contributed by atoms with Crippen molar-refractivity contribution < 1.29 is 4.79 Å². The number of rotatable bonds is 5. The Morgan fingerprint density at radius 1 is 1.38 bits per heavy atom. The number of nitrogens with zero attached hydrogens (tertiary/aromatic N) is 1. The standard InChI is InChI=1S/C12H25N3O/c1-9-3-5-10(6-4-9)15(2)11(8-13)7-12(14)16/h9-11H,3-8,13H2,1-2H3,(H2,14,16). The average molecular weight is 227 g/mol. The monoisotopic (exact) mass is 227 g/mol. The lowest BCUT2D eigenvalue weighted by molar-refractivity contribution is -0.119. The van der Waals surface area contributed by atoms with Gasteiger partial charge in [0.1, 0.15) is 0 Å². The number of hydrogen-bond donors (Lipinski definition) is 2. The second kappa shape index (κ2) is 6.21. The van der Waals surface area contributed by atoms with Crippen LogP contribution in [0.2, 0.25) is 0 Å². The van der Waals surface area contributed by atoms with Crippen molar-refractivity contribution in [3.8, 4) is 0 Å². The van der Waals surface area contributed by atoms with E-state index < -0.39 is 0 Å². The predicted octanol–water partition coefficient (Wildman–Crippen LogP) is 0.700. The van der Waals surface area contributed by atoms with Crippen LogP contribution in [0.5, 0.6) is 0 Å². The summed E-state index contributed by atoms with van der Waals surface area (Å²) in [7, 11) is 2.07. The van der Waals surface area contributed by atoms with Crippen LogP contribution in [0.1, 0.15) is 39.0 Å². The van der Waals surface area contributed by atoms with Crippen LogP contribution in [0.4, 0.5) is 0 Å². The summed E-state index contributed by atoms with van der Waals surface area (Å²) in [6.45, 7) is 2.81. The van der Waals surface area contributed by atoms with E-state index >= 15 is 0 Å². The second-order valence-electron chi connectivity index (χ2n) is 5.14. The quantitative estimate of drug-likeness (QED) is 0.726. The van der Waals surface area contributed by atoms with E-state index in [-0.39, 0.29) is 11.9 Å². The molecule has 1 aliphatic carbocycles.